The molecular formula is C30H38N4O5S. The van der Waals surface area contributed by atoms with E-state index in [0.717, 1.165) is 31.1 Å². The van der Waals surface area contributed by atoms with Gasteiger partial charge in [0.25, 0.3) is 5.91 Å². The van der Waals surface area contributed by atoms with Gasteiger partial charge in [-0.3, -0.25) is 4.79 Å². The minimum Gasteiger partial charge on any atom is -0.444 e. The van der Waals surface area contributed by atoms with Gasteiger partial charge in [-0.15, -0.1) is 0 Å². The number of hydrogen-bond donors (Lipinski definition) is 3. The van der Waals surface area contributed by atoms with E-state index in [2.05, 4.69) is 15.4 Å². The van der Waals surface area contributed by atoms with Crippen LogP contribution in [0, 0.1) is 11.8 Å². The van der Waals surface area contributed by atoms with Crippen molar-refractivity contribution in [3.63, 3.8) is 0 Å². The summed E-state index contributed by atoms with van der Waals surface area (Å²) >= 11 is 0. The van der Waals surface area contributed by atoms with E-state index >= 15 is 0 Å². The highest BCUT2D eigenvalue weighted by Crippen LogP contribution is 2.29. The summed E-state index contributed by atoms with van der Waals surface area (Å²) in [6.45, 7) is 6.71. The molecule has 214 valence electrons. The van der Waals surface area contributed by atoms with E-state index in [-0.39, 0.29) is 16.9 Å². The molecule has 10 heteroatoms. The van der Waals surface area contributed by atoms with Crippen molar-refractivity contribution in [3.05, 3.63) is 60.2 Å². The maximum atomic E-state index is 13.4. The Morgan fingerprint density at radius 1 is 0.925 bits per heavy atom. The minimum absolute atomic E-state index is 0.160. The van der Waals surface area contributed by atoms with Crippen molar-refractivity contribution < 1.29 is 22.7 Å². The summed E-state index contributed by atoms with van der Waals surface area (Å²) in [6, 6.07) is 15.7. The van der Waals surface area contributed by atoms with Crippen LogP contribution in [0.25, 0.3) is 22.2 Å². The summed E-state index contributed by atoms with van der Waals surface area (Å²) in [6.07, 6.45) is 3.54. The fraction of sp³-hybridized carbons (Fsp3) is 0.433. The molecule has 1 aliphatic rings. The molecule has 3 aromatic rings. The van der Waals surface area contributed by atoms with Gasteiger partial charge in [0.05, 0.1) is 21.7 Å². The molecule has 1 fully saturated rings. The topological polar surface area (TPSA) is 126 Å². The number of nitrogens with zero attached hydrogens (tertiary/aromatic N) is 1. The maximum absolute atomic E-state index is 13.4. The molecule has 1 aromatic heterocycles. The molecule has 9 nitrogen and oxygen atoms in total. The zero-order valence-electron chi connectivity index (χ0n) is 23.5. The molecule has 0 saturated heterocycles. The third kappa shape index (κ3) is 7.57. The number of carbonyl (C=O) groups is 2. The number of sulfonamides is 1. The molecule has 0 bridgehead atoms. The van der Waals surface area contributed by atoms with Crippen LogP contribution < -0.4 is 15.4 Å². The molecule has 2 amide bonds. The van der Waals surface area contributed by atoms with Crippen molar-refractivity contribution in [2.24, 2.45) is 11.8 Å². The largest absolute Gasteiger partial charge is 0.444 e. The Bertz CT molecular complexity index is 1460. The van der Waals surface area contributed by atoms with Crippen LogP contribution in [0.3, 0.4) is 0 Å². The predicted octanol–water partition coefficient (Wildman–Crippen LogP) is 4.87. The van der Waals surface area contributed by atoms with Gasteiger partial charge < -0.3 is 15.4 Å². The molecule has 0 spiro atoms. The molecule has 1 aliphatic carbocycles. The van der Waals surface area contributed by atoms with Crippen LogP contribution in [0.1, 0.15) is 56.8 Å². The van der Waals surface area contributed by atoms with Crippen molar-refractivity contribution in [2.45, 2.75) is 57.0 Å². The molecule has 40 heavy (non-hydrogen) atoms. The molecular weight excluding hydrogens is 528 g/mol. The second-order valence-corrected chi connectivity index (χ2v) is 13.2. The second kappa shape index (κ2) is 12.3. The molecule has 0 unspecified atom stereocenters. The van der Waals surface area contributed by atoms with E-state index < -0.39 is 15.6 Å². The van der Waals surface area contributed by atoms with E-state index in [1.807, 2.05) is 45.0 Å². The van der Waals surface area contributed by atoms with Gasteiger partial charge in [-0.1, -0.05) is 30.3 Å². The molecule has 0 atom stereocenters. The lowest BCUT2D eigenvalue weighted by molar-refractivity contribution is 0.0512. The number of para-hydroxylation sites is 1. The van der Waals surface area contributed by atoms with Crippen LogP contribution in [0.15, 0.2) is 59.5 Å². The van der Waals surface area contributed by atoms with Crippen molar-refractivity contribution in [1.82, 2.24) is 20.3 Å². The standard InChI is InChI=1S/C30H38N4O5S/c1-30(2,3)39-29(36)33-19-21-11-9-20(10-12-21)18-32-28(35)25-17-27(34-26-8-6-5-7-24(25)26)22-13-15-23(16-14-22)40(37,38)31-4/h5-8,13-17,20-21,31H,9-12,18-19H2,1-4H3,(H,32,35)(H,33,36). The number of nitrogens with one attached hydrogen (secondary N) is 3. The Kier molecular flexibility index (Phi) is 9.10. The van der Waals surface area contributed by atoms with Gasteiger partial charge in [-0.05, 0) is 89.6 Å². The van der Waals surface area contributed by atoms with E-state index in [4.69, 9.17) is 9.72 Å². The van der Waals surface area contributed by atoms with Crippen LogP contribution >= 0.6 is 0 Å². The number of rotatable bonds is 8. The van der Waals surface area contributed by atoms with Crippen molar-refractivity contribution in [1.29, 1.82) is 0 Å². The highest BCUT2D eigenvalue weighted by molar-refractivity contribution is 7.89. The van der Waals surface area contributed by atoms with Crippen LogP contribution in [-0.4, -0.2) is 51.1 Å². The first-order valence-corrected chi connectivity index (χ1v) is 15.1. The Hall–Kier alpha value is -3.50. The second-order valence-electron chi connectivity index (χ2n) is 11.3. The fourth-order valence-electron chi connectivity index (χ4n) is 4.95. The number of alkyl carbamates (subject to hydrolysis) is 1. The lowest BCUT2D eigenvalue weighted by Gasteiger charge is -2.29. The van der Waals surface area contributed by atoms with E-state index in [1.54, 1.807) is 18.2 Å². The van der Waals surface area contributed by atoms with Gasteiger partial charge in [0, 0.05) is 24.0 Å². The average Bonchev–Trinajstić information content (AvgIpc) is 2.94. The van der Waals surface area contributed by atoms with E-state index in [1.165, 1.54) is 19.2 Å². The quantitative estimate of drug-likeness (QED) is 0.357. The fourth-order valence-corrected chi connectivity index (χ4v) is 5.68. The highest BCUT2D eigenvalue weighted by Gasteiger charge is 2.24. The first kappa shape index (κ1) is 29.5. The van der Waals surface area contributed by atoms with Gasteiger partial charge >= 0.3 is 6.09 Å². The van der Waals surface area contributed by atoms with E-state index in [9.17, 15) is 18.0 Å². The Labute approximate surface area is 236 Å². The summed E-state index contributed by atoms with van der Waals surface area (Å²) in [4.78, 5) is 30.2. The molecule has 0 radical (unpaired) electrons. The monoisotopic (exact) mass is 566 g/mol. The Morgan fingerprint density at radius 2 is 1.52 bits per heavy atom. The van der Waals surface area contributed by atoms with Crippen molar-refractivity contribution in [2.75, 3.05) is 20.1 Å². The minimum atomic E-state index is -3.55. The number of aromatic nitrogens is 1. The van der Waals surface area contributed by atoms with E-state index in [0.29, 0.717) is 47.3 Å². The van der Waals surface area contributed by atoms with Gasteiger partial charge in [0.1, 0.15) is 5.60 Å². The van der Waals surface area contributed by atoms with Crippen LogP contribution in [0.2, 0.25) is 0 Å². The molecule has 1 heterocycles. The van der Waals surface area contributed by atoms with Crippen molar-refractivity contribution >= 4 is 32.9 Å². The number of hydrogen-bond acceptors (Lipinski definition) is 6. The molecule has 4 rings (SSSR count). The summed E-state index contributed by atoms with van der Waals surface area (Å²) in [5, 5.41) is 6.76. The smallest absolute Gasteiger partial charge is 0.407 e. The number of benzene rings is 2. The number of ether oxygens (including phenoxy) is 1. The Balaban J connectivity index is 1.39. The predicted molar refractivity (Wildman–Crippen MR) is 155 cm³/mol. The SMILES string of the molecule is CNS(=O)(=O)c1ccc(-c2cc(C(=O)NCC3CCC(CNC(=O)OC(C)(C)C)CC3)c3ccccc3n2)cc1. The lowest BCUT2D eigenvalue weighted by Crippen LogP contribution is -2.37. The zero-order chi connectivity index (χ0) is 28.9. The normalized spacial score (nSPS) is 17.8. The van der Waals surface area contributed by atoms with Gasteiger partial charge in [-0.2, -0.15) is 0 Å². The molecule has 1 saturated carbocycles. The lowest BCUT2D eigenvalue weighted by atomic mass is 9.82. The molecule has 3 N–H and O–H groups in total. The number of amides is 2. The third-order valence-electron chi connectivity index (χ3n) is 7.14. The number of fused-ring (bicyclic) bond motifs is 1. The molecule has 0 aliphatic heterocycles. The highest BCUT2D eigenvalue weighted by atomic mass is 32.2. The van der Waals surface area contributed by atoms with Gasteiger partial charge in [0.2, 0.25) is 10.0 Å². The van der Waals surface area contributed by atoms with Crippen LogP contribution in [0.4, 0.5) is 4.79 Å². The zero-order valence-corrected chi connectivity index (χ0v) is 24.3. The maximum Gasteiger partial charge on any atom is 0.407 e. The summed E-state index contributed by atoms with van der Waals surface area (Å²) in [5.74, 6) is 0.611. The molecule has 2 aromatic carbocycles. The Morgan fingerprint density at radius 3 is 2.12 bits per heavy atom. The van der Waals surface area contributed by atoms with Crippen LogP contribution in [-0.2, 0) is 14.8 Å². The van der Waals surface area contributed by atoms with Gasteiger partial charge in [-0.25, -0.2) is 22.9 Å². The van der Waals surface area contributed by atoms with Crippen molar-refractivity contribution in [3.8, 4) is 11.3 Å². The average molecular weight is 567 g/mol. The summed E-state index contributed by atoms with van der Waals surface area (Å²) < 4.78 is 31.8. The summed E-state index contributed by atoms with van der Waals surface area (Å²) in [5.41, 5.74) is 2.02. The third-order valence-corrected chi connectivity index (χ3v) is 8.57. The number of carbonyl (C=O) groups excluding carboxylic acids is 2. The number of pyridine rings is 1. The van der Waals surface area contributed by atoms with Gasteiger partial charge in [0.15, 0.2) is 0 Å². The first-order chi connectivity index (χ1) is 18.9. The van der Waals surface area contributed by atoms with Crippen LogP contribution in [0.5, 0.6) is 0 Å². The first-order valence-electron chi connectivity index (χ1n) is 13.6. The summed E-state index contributed by atoms with van der Waals surface area (Å²) in [7, 11) is -2.18.